The minimum absolute atomic E-state index is 0. The van der Waals surface area contributed by atoms with Crippen molar-refractivity contribution in [2.45, 2.75) is 25.3 Å². The Hall–Kier alpha value is -1.99. The second kappa shape index (κ2) is 9.48. The number of piperidine rings is 1. The first-order valence-corrected chi connectivity index (χ1v) is 7.81. The number of methoxy groups -OCH3 is 3. The molecular weight excluding hydrogens is 350 g/mol. The molecule has 2 rings (SSSR count). The van der Waals surface area contributed by atoms with Crippen molar-refractivity contribution >= 4 is 24.2 Å². The third-order valence-corrected chi connectivity index (χ3v) is 4.23. The fourth-order valence-corrected chi connectivity index (χ4v) is 2.98. The Balaban J connectivity index is 0.00000312. The Labute approximate surface area is 153 Å². The molecule has 25 heavy (non-hydrogen) atoms. The molecule has 0 aromatic heterocycles. The number of halogens is 1. The lowest BCUT2D eigenvalue weighted by Gasteiger charge is -2.32. The van der Waals surface area contributed by atoms with Crippen molar-refractivity contribution in [1.29, 1.82) is 0 Å². The highest BCUT2D eigenvalue weighted by molar-refractivity contribution is 5.99. The van der Waals surface area contributed by atoms with Gasteiger partial charge in [0.2, 0.25) is 5.75 Å². The van der Waals surface area contributed by atoms with Crippen molar-refractivity contribution in [2.24, 2.45) is 0 Å². The number of ketones is 1. The van der Waals surface area contributed by atoms with Crippen LogP contribution in [0.5, 0.6) is 17.2 Å². The number of hydrogen-bond acceptors (Lipinski definition) is 6. The van der Waals surface area contributed by atoms with Gasteiger partial charge in [-0.3, -0.25) is 14.5 Å². The molecular formula is C17H24ClNO6. The topological polar surface area (TPSA) is 85.3 Å². The number of rotatable bonds is 7. The normalized spacial score (nSPS) is 17.3. The zero-order chi connectivity index (χ0) is 17.7. The van der Waals surface area contributed by atoms with Gasteiger partial charge >= 0.3 is 5.97 Å². The molecule has 1 fully saturated rings. The van der Waals surface area contributed by atoms with Crippen molar-refractivity contribution in [3.05, 3.63) is 17.7 Å². The quantitative estimate of drug-likeness (QED) is 0.733. The maximum atomic E-state index is 12.6. The van der Waals surface area contributed by atoms with E-state index < -0.39 is 12.0 Å². The molecule has 8 heteroatoms. The molecule has 0 bridgehead atoms. The predicted octanol–water partition coefficient (Wildman–Crippen LogP) is 2.26. The largest absolute Gasteiger partial charge is 0.493 e. The molecule has 0 saturated carbocycles. The first-order chi connectivity index (χ1) is 11.5. The summed E-state index contributed by atoms with van der Waals surface area (Å²) in [6.07, 6.45) is 2.33. The number of carbonyl (C=O) groups is 2. The van der Waals surface area contributed by atoms with E-state index in [0.29, 0.717) is 35.8 Å². The number of hydrogen-bond donors (Lipinski definition) is 1. The van der Waals surface area contributed by atoms with E-state index in [1.807, 2.05) is 0 Å². The minimum Gasteiger partial charge on any atom is -0.493 e. The maximum Gasteiger partial charge on any atom is 0.320 e. The van der Waals surface area contributed by atoms with Gasteiger partial charge in [0.1, 0.15) is 6.04 Å². The molecule has 1 heterocycles. The van der Waals surface area contributed by atoms with Crippen molar-refractivity contribution in [3.8, 4) is 17.2 Å². The molecule has 0 spiro atoms. The molecule has 1 aromatic rings. The zero-order valence-corrected chi connectivity index (χ0v) is 15.4. The smallest absolute Gasteiger partial charge is 0.320 e. The van der Waals surface area contributed by atoms with E-state index >= 15 is 0 Å². The van der Waals surface area contributed by atoms with Crippen LogP contribution in [-0.4, -0.2) is 62.2 Å². The minimum atomic E-state index is -0.882. The fourth-order valence-electron chi connectivity index (χ4n) is 2.98. The highest BCUT2D eigenvalue weighted by Gasteiger charge is 2.30. The average molecular weight is 374 g/mol. The molecule has 0 radical (unpaired) electrons. The van der Waals surface area contributed by atoms with E-state index in [-0.39, 0.29) is 24.7 Å². The summed E-state index contributed by atoms with van der Waals surface area (Å²) in [6, 6.07) is 2.57. The fraction of sp³-hybridized carbons (Fsp3) is 0.529. The Kier molecular flexibility index (Phi) is 7.99. The van der Waals surface area contributed by atoms with Crippen LogP contribution in [0, 0.1) is 0 Å². The highest BCUT2D eigenvalue weighted by Crippen LogP contribution is 2.38. The van der Waals surface area contributed by atoms with Crippen molar-refractivity contribution < 1.29 is 28.9 Å². The van der Waals surface area contributed by atoms with Gasteiger partial charge in [0, 0.05) is 5.56 Å². The maximum absolute atomic E-state index is 12.6. The van der Waals surface area contributed by atoms with Gasteiger partial charge < -0.3 is 19.3 Å². The van der Waals surface area contributed by atoms with Crippen LogP contribution < -0.4 is 14.2 Å². The number of carbonyl (C=O) groups excluding carboxylic acids is 1. The van der Waals surface area contributed by atoms with Crippen molar-refractivity contribution in [3.63, 3.8) is 0 Å². The van der Waals surface area contributed by atoms with Crippen LogP contribution in [0.3, 0.4) is 0 Å². The molecule has 1 aliphatic rings. The summed E-state index contributed by atoms with van der Waals surface area (Å²) >= 11 is 0. The van der Waals surface area contributed by atoms with Gasteiger partial charge in [-0.2, -0.15) is 0 Å². The third-order valence-electron chi connectivity index (χ3n) is 4.23. The van der Waals surface area contributed by atoms with E-state index in [9.17, 15) is 14.7 Å². The Morgan fingerprint density at radius 1 is 1.12 bits per heavy atom. The van der Waals surface area contributed by atoms with E-state index in [2.05, 4.69) is 0 Å². The van der Waals surface area contributed by atoms with Gasteiger partial charge in [0.15, 0.2) is 17.3 Å². The number of aliphatic carboxylic acids is 1. The Morgan fingerprint density at radius 3 is 2.20 bits per heavy atom. The number of benzene rings is 1. The number of Topliss-reactive ketones (excluding diaryl/α,β-unsaturated/α-hetero) is 1. The summed E-state index contributed by atoms with van der Waals surface area (Å²) in [5, 5.41) is 9.32. The second-order valence-corrected chi connectivity index (χ2v) is 5.66. The zero-order valence-electron chi connectivity index (χ0n) is 14.6. The summed E-state index contributed by atoms with van der Waals surface area (Å²) in [7, 11) is 4.46. The van der Waals surface area contributed by atoms with E-state index in [1.54, 1.807) is 17.0 Å². The predicted molar refractivity (Wildman–Crippen MR) is 94.5 cm³/mol. The number of carboxylic acids is 1. The molecule has 7 nitrogen and oxygen atoms in total. The van der Waals surface area contributed by atoms with Crippen LogP contribution in [0.4, 0.5) is 0 Å². The number of ether oxygens (including phenoxy) is 3. The third kappa shape index (κ3) is 4.76. The van der Waals surface area contributed by atoms with Crippen molar-refractivity contribution in [1.82, 2.24) is 4.90 Å². The molecule has 1 N–H and O–H groups in total. The van der Waals surface area contributed by atoms with Gasteiger partial charge in [0.25, 0.3) is 0 Å². The van der Waals surface area contributed by atoms with Gasteiger partial charge in [0.05, 0.1) is 27.9 Å². The van der Waals surface area contributed by atoms with Crippen LogP contribution in [0.25, 0.3) is 0 Å². The second-order valence-electron chi connectivity index (χ2n) is 5.66. The molecule has 0 amide bonds. The molecule has 140 valence electrons. The van der Waals surface area contributed by atoms with Gasteiger partial charge in [-0.15, -0.1) is 12.4 Å². The number of nitrogens with zero attached hydrogens (tertiary/aromatic N) is 1. The van der Waals surface area contributed by atoms with Crippen LogP contribution in [0.1, 0.15) is 29.6 Å². The van der Waals surface area contributed by atoms with E-state index in [1.165, 1.54) is 21.3 Å². The number of likely N-dealkylation sites (tertiary alicyclic amines) is 1. The van der Waals surface area contributed by atoms with E-state index in [0.717, 1.165) is 12.8 Å². The molecule has 1 aromatic carbocycles. The lowest BCUT2D eigenvalue weighted by molar-refractivity contribution is -0.144. The monoisotopic (exact) mass is 373 g/mol. The first kappa shape index (κ1) is 21.1. The summed E-state index contributed by atoms with van der Waals surface area (Å²) < 4.78 is 15.7. The lowest BCUT2D eigenvalue weighted by Crippen LogP contribution is -2.46. The molecule has 1 atom stereocenters. The summed E-state index contributed by atoms with van der Waals surface area (Å²) in [4.78, 5) is 25.7. The number of carboxylic acid groups (broad SMARTS) is 1. The van der Waals surface area contributed by atoms with Gasteiger partial charge in [-0.05, 0) is 31.5 Å². The molecule has 1 saturated heterocycles. The summed E-state index contributed by atoms with van der Waals surface area (Å²) in [5.41, 5.74) is 0.402. The van der Waals surface area contributed by atoms with Crippen LogP contribution in [0.2, 0.25) is 0 Å². The first-order valence-electron chi connectivity index (χ1n) is 7.81. The Morgan fingerprint density at radius 2 is 1.72 bits per heavy atom. The molecule has 0 unspecified atom stereocenters. The Bertz CT molecular complexity index is 596. The molecule has 1 aliphatic heterocycles. The standard InChI is InChI=1S/C17H23NO6.ClH/c1-22-14-8-11(9-15(23-2)16(14)24-3)13(19)10-18-7-5-4-6-12(18)17(20)21;/h8-9,12H,4-7,10H2,1-3H3,(H,20,21);1H/t12-;/m0./s1. The van der Waals surface area contributed by atoms with Crippen molar-refractivity contribution in [2.75, 3.05) is 34.4 Å². The van der Waals surface area contributed by atoms with Crippen LogP contribution in [0.15, 0.2) is 12.1 Å². The summed E-state index contributed by atoms with van der Waals surface area (Å²) in [5.74, 6) is 0.148. The highest BCUT2D eigenvalue weighted by atomic mass is 35.5. The average Bonchev–Trinajstić information content (AvgIpc) is 2.60. The van der Waals surface area contributed by atoms with Crippen LogP contribution >= 0.6 is 12.4 Å². The van der Waals surface area contributed by atoms with Gasteiger partial charge in [-0.25, -0.2) is 0 Å². The lowest BCUT2D eigenvalue weighted by atomic mass is 10.0. The molecule has 0 aliphatic carbocycles. The van der Waals surface area contributed by atoms with E-state index in [4.69, 9.17) is 14.2 Å². The van der Waals surface area contributed by atoms with Crippen LogP contribution in [-0.2, 0) is 4.79 Å². The SMILES string of the molecule is COc1cc(C(=O)CN2CCCC[C@H]2C(=O)O)cc(OC)c1OC.Cl. The van der Waals surface area contributed by atoms with Gasteiger partial charge in [-0.1, -0.05) is 6.42 Å². The summed E-state index contributed by atoms with van der Waals surface area (Å²) in [6.45, 7) is 0.655.